The van der Waals surface area contributed by atoms with Gasteiger partial charge in [0, 0.05) is 16.8 Å². The van der Waals surface area contributed by atoms with Crippen LogP contribution >= 0.6 is 11.3 Å². The third-order valence-corrected chi connectivity index (χ3v) is 7.75. The molecule has 5 heteroatoms. The van der Waals surface area contributed by atoms with Gasteiger partial charge in [-0.25, -0.2) is 13.1 Å². The van der Waals surface area contributed by atoms with Crippen LogP contribution in [0.5, 0.6) is 0 Å². The lowest BCUT2D eigenvalue weighted by atomic mass is 9.73. The van der Waals surface area contributed by atoms with Crippen molar-refractivity contribution in [1.29, 1.82) is 0 Å². The van der Waals surface area contributed by atoms with Gasteiger partial charge in [-0.2, -0.15) is 0 Å². The highest BCUT2D eigenvalue weighted by molar-refractivity contribution is 7.89. The van der Waals surface area contributed by atoms with Gasteiger partial charge in [-0.05, 0) is 49.8 Å². The van der Waals surface area contributed by atoms with Crippen molar-refractivity contribution in [1.82, 2.24) is 4.72 Å². The van der Waals surface area contributed by atoms with E-state index in [0.29, 0.717) is 11.4 Å². The molecule has 130 valence electrons. The third kappa shape index (κ3) is 3.58. The number of aryl methyl sites for hydroxylation is 2. The van der Waals surface area contributed by atoms with Crippen molar-refractivity contribution in [3.63, 3.8) is 0 Å². The Balaban J connectivity index is 1.84. The molecule has 1 aliphatic rings. The molecule has 0 unspecified atom stereocenters. The van der Waals surface area contributed by atoms with E-state index in [0.717, 1.165) is 24.0 Å². The van der Waals surface area contributed by atoms with Crippen LogP contribution in [0.25, 0.3) is 0 Å². The molecular weight excluding hydrogens is 338 g/mol. The average molecular weight is 364 g/mol. The molecule has 24 heavy (non-hydrogen) atoms. The van der Waals surface area contributed by atoms with Gasteiger partial charge in [0.25, 0.3) is 0 Å². The van der Waals surface area contributed by atoms with Gasteiger partial charge in [0.15, 0.2) is 0 Å². The minimum absolute atomic E-state index is 0.0436. The quantitative estimate of drug-likeness (QED) is 0.847. The molecule has 0 spiro atoms. The second-order valence-electron chi connectivity index (χ2n) is 6.91. The van der Waals surface area contributed by atoms with Gasteiger partial charge in [-0.15, -0.1) is 11.3 Å². The third-order valence-electron chi connectivity index (χ3n) is 5.08. The summed E-state index contributed by atoms with van der Waals surface area (Å²) in [5, 5.41) is 2.09. The zero-order valence-electron chi connectivity index (χ0n) is 14.3. The summed E-state index contributed by atoms with van der Waals surface area (Å²) in [4.78, 5) is 1.70. The fourth-order valence-electron chi connectivity index (χ4n) is 3.73. The fourth-order valence-corrected chi connectivity index (χ4v) is 6.07. The molecule has 0 atom stereocenters. The van der Waals surface area contributed by atoms with E-state index in [9.17, 15) is 8.42 Å². The summed E-state index contributed by atoms with van der Waals surface area (Å²) in [7, 11) is -3.48. The SMILES string of the molecule is Cc1ccc(S(=O)(=O)NCC2(c3cccs3)CCCCC2)c(C)c1. The summed E-state index contributed by atoms with van der Waals surface area (Å²) in [6.07, 6.45) is 5.70. The molecule has 1 aromatic carbocycles. The number of benzene rings is 1. The highest BCUT2D eigenvalue weighted by atomic mass is 32.2. The Labute approximate surface area is 149 Å². The van der Waals surface area contributed by atoms with Crippen molar-refractivity contribution in [2.75, 3.05) is 6.54 Å². The van der Waals surface area contributed by atoms with Crippen LogP contribution in [0.4, 0.5) is 0 Å². The van der Waals surface area contributed by atoms with Gasteiger partial charge in [-0.3, -0.25) is 0 Å². The van der Waals surface area contributed by atoms with Crippen LogP contribution in [-0.2, 0) is 15.4 Å². The molecule has 1 aliphatic carbocycles. The van der Waals surface area contributed by atoms with Crippen molar-refractivity contribution in [3.05, 3.63) is 51.7 Å². The van der Waals surface area contributed by atoms with Crippen molar-refractivity contribution in [2.45, 2.75) is 56.3 Å². The number of hydrogen-bond acceptors (Lipinski definition) is 3. The Morgan fingerprint density at radius 3 is 2.50 bits per heavy atom. The Hall–Kier alpha value is -1.17. The van der Waals surface area contributed by atoms with E-state index in [1.165, 1.54) is 24.1 Å². The van der Waals surface area contributed by atoms with Crippen molar-refractivity contribution in [2.24, 2.45) is 0 Å². The Bertz CT molecular complexity index is 789. The molecule has 1 aromatic heterocycles. The van der Waals surface area contributed by atoms with Crippen molar-refractivity contribution in [3.8, 4) is 0 Å². The smallest absolute Gasteiger partial charge is 0.210 e. The highest BCUT2D eigenvalue weighted by Gasteiger charge is 2.36. The van der Waals surface area contributed by atoms with E-state index >= 15 is 0 Å². The van der Waals surface area contributed by atoms with E-state index in [4.69, 9.17) is 0 Å². The second kappa shape index (κ2) is 6.98. The lowest BCUT2D eigenvalue weighted by molar-refractivity contribution is 0.298. The van der Waals surface area contributed by atoms with Crippen molar-refractivity contribution < 1.29 is 8.42 Å². The first kappa shape index (κ1) is 17.6. The van der Waals surface area contributed by atoms with Crippen LogP contribution in [0.1, 0.15) is 48.1 Å². The minimum atomic E-state index is -3.48. The molecule has 3 nitrogen and oxygen atoms in total. The Morgan fingerprint density at radius 1 is 1.12 bits per heavy atom. The van der Waals surface area contributed by atoms with Crippen LogP contribution in [0.15, 0.2) is 40.6 Å². The normalized spacial score (nSPS) is 17.8. The molecule has 0 aliphatic heterocycles. The first-order valence-electron chi connectivity index (χ1n) is 8.54. The van der Waals surface area contributed by atoms with Crippen LogP contribution < -0.4 is 4.72 Å². The van der Waals surface area contributed by atoms with Crippen LogP contribution in [0.3, 0.4) is 0 Å². The summed E-state index contributed by atoms with van der Waals surface area (Å²) in [5.74, 6) is 0. The maximum Gasteiger partial charge on any atom is 0.240 e. The van der Waals surface area contributed by atoms with E-state index < -0.39 is 10.0 Å². The summed E-state index contributed by atoms with van der Waals surface area (Å²) in [5.41, 5.74) is 1.84. The molecular formula is C19H25NO2S2. The molecule has 0 radical (unpaired) electrons. The average Bonchev–Trinajstić information content (AvgIpc) is 3.09. The van der Waals surface area contributed by atoms with Gasteiger partial charge in [-0.1, -0.05) is 43.0 Å². The van der Waals surface area contributed by atoms with Gasteiger partial charge in [0.2, 0.25) is 10.0 Å². The molecule has 1 heterocycles. The van der Waals surface area contributed by atoms with Crippen LogP contribution in [0, 0.1) is 13.8 Å². The topological polar surface area (TPSA) is 46.2 Å². The Kier molecular flexibility index (Phi) is 5.13. The molecule has 1 fully saturated rings. The van der Waals surface area contributed by atoms with Crippen LogP contribution in [0.2, 0.25) is 0 Å². The van der Waals surface area contributed by atoms with Gasteiger partial charge < -0.3 is 0 Å². The summed E-state index contributed by atoms with van der Waals surface area (Å²) < 4.78 is 28.5. The van der Waals surface area contributed by atoms with E-state index in [1.807, 2.05) is 26.0 Å². The number of nitrogens with one attached hydrogen (secondary N) is 1. The van der Waals surface area contributed by atoms with Gasteiger partial charge >= 0.3 is 0 Å². The van der Waals surface area contributed by atoms with Gasteiger partial charge in [0.05, 0.1) is 4.90 Å². The van der Waals surface area contributed by atoms with Crippen molar-refractivity contribution >= 4 is 21.4 Å². The van der Waals surface area contributed by atoms with E-state index in [1.54, 1.807) is 17.4 Å². The zero-order chi connectivity index (χ0) is 17.2. The molecule has 2 aromatic rings. The minimum Gasteiger partial charge on any atom is -0.210 e. The van der Waals surface area contributed by atoms with Crippen LogP contribution in [-0.4, -0.2) is 15.0 Å². The number of sulfonamides is 1. The lowest BCUT2D eigenvalue weighted by Gasteiger charge is -2.36. The number of thiophene rings is 1. The highest BCUT2D eigenvalue weighted by Crippen LogP contribution is 2.41. The number of hydrogen-bond donors (Lipinski definition) is 1. The first-order valence-corrected chi connectivity index (χ1v) is 10.9. The maximum atomic E-state index is 12.8. The molecule has 0 bridgehead atoms. The standard InChI is InChI=1S/C19H25NO2S2/c1-15-8-9-17(16(2)13-15)24(21,22)20-14-19(10-4-3-5-11-19)18-7-6-12-23-18/h6-9,12-13,20H,3-5,10-11,14H2,1-2H3. The second-order valence-corrected chi connectivity index (χ2v) is 9.59. The predicted octanol–water partition coefficient (Wildman–Crippen LogP) is 4.55. The Morgan fingerprint density at radius 2 is 1.88 bits per heavy atom. The summed E-state index contributed by atoms with van der Waals surface area (Å²) in [6.45, 7) is 4.32. The fraction of sp³-hybridized carbons (Fsp3) is 0.474. The monoisotopic (exact) mass is 363 g/mol. The van der Waals surface area contributed by atoms with E-state index in [2.05, 4.69) is 22.2 Å². The van der Waals surface area contributed by atoms with E-state index in [-0.39, 0.29) is 5.41 Å². The summed E-state index contributed by atoms with van der Waals surface area (Å²) >= 11 is 1.74. The largest absolute Gasteiger partial charge is 0.240 e. The molecule has 1 N–H and O–H groups in total. The molecule has 1 saturated carbocycles. The predicted molar refractivity (Wildman–Crippen MR) is 100 cm³/mol. The summed E-state index contributed by atoms with van der Waals surface area (Å²) in [6, 6.07) is 9.71. The van der Waals surface area contributed by atoms with Gasteiger partial charge in [0.1, 0.15) is 0 Å². The zero-order valence-corrected chi connectivity index (χ0v) is 16.0. The molecule has 3 rings (SSSR count). The first-order chi connectivity index (χ1) is 11.4. The number of rotatable bonds is 5. The molecule has 0 amide bonds. The molecule has 0 saturated heterocycles. The maximum absolute atomic E-state index is 12.8. The lowest BCUT2D eigenvalue weighted by Crippen LogP contribution is -2.41.